The van der Waals surface area contributed by atoms with Gasteiger partial charge in [0, 0.05) is 17.8 Å². The summed E-state index contributed by atoms with van der Waals surface area (Å²) in [6.45, 7) is 3.61. The maximum absolute atomic E-state index is 12.1. The maximum Gasteiger partial charge on any atom is 0.340 e. The van der Waals surface area contributed by atoms with E-state index in [-0.39, 0.29) is 22.2 Å². The van der Waals surface area contributed by atoms with Crippen LogP contribution < -0.4 is 5.32 Å². The Morgan fingerprint density at radius 3 is 2.59 bits per heavy atom. The Bertz CT molecular complexity index is 869. The van der Waals surface area contributed by atoms with E-state index in [1.54, 1.807) is 6.07 Å². The second-order valence-corrected chi connectivity index (χ2v) is 6.35. The molecule has 0 radical (unpaired) electrons. The van der Waals surface area contributed by atoms with Crippen molar-refractivity contribution in [2.24, 2.45) is 0 Å². The molecular weight excluding hydrogens is 372 g/mol. The summed E-state index contributed by atoms with van der Waals surface area (Å²) in [7, 11) is 0. The average molecular weight is 391 g/mol. The number of carbonyl (C=O) groups is 2. The Hall–Kier alpha value is -2.93. The van der Waals surface area contributed by atoms with E-state index in [0.29, 0.717) is 5.69 Å². The number of hydrogen-bond donors (Lipinski definition) is 1. The van der Waals surface area contributed by atoms with Crippen LogP contribution in [0.25, 0.3) is 0 Å². The first-order chi connectivity index (χ1) is 12.8. The van der Waals surface area contributed by atoms with Crippen LogP contribution in [0, 0.1) is 10.1 Å². The summed E-state index contributed by atoms with van der Waals surface area (Å²) in [4.78, 5) is 34.3. The third-order valence-corrected chi connectivity index (χ3v) is 4.41. The van der Waals surface area contributed by atoms with Gasteiger partial charge >= 0.3 is 5.97 Å². The predicted octanol–water partition coefficient (Wildman–Crippen LogP) is 4.56. The molecule has 2 rings (SSSR count). The summed E-state index contributed by atoms with van der Waals surface area (Å²) >= 11 is 5.88. The number of amides is 1. The third kappa shape index (κ3) is 5.27. The monoisotopic (exact) mass is 390 g/mol. The number of nitro benzene ring substituents is 1. The fourth-order valence-corrected chi connectivity index (χ4v) is 2.69. The van der Waals surface area contributed by atoms with Crippen LogP contribution in [0.4, 0.5) is 11.4 Å². The van der Waals surface area contributed by atoms with Crippen molar-refractivity contribution in [3.63, 3.8) is 0 Å². The van der Waals surface area contributed by atoms with Crippen LogP contribution in [0.15, 0.2) is 42.5 Å². The number of hydrogen-bond acceptors (Lipinski definition) is 5. The maximum atomic E-state index is 12.1. The SMILES string of the molecule is CCC(C)c1ccccc1NC(=O)COC(=O)c1ccc([N+](=O)[O-])cc1Cl. The molecular formula is C19H19ClN2O5. The molecule has 0 saturated carbocycles. The quantitative estimate of drug-likeness (QED) is 0.424. The number of nitrogens with one attached hydrogen (secondary N) is 1. The molecule has 1 N–H and O–H groups in total. The first-order valence-corrected chi connectivity index (χ1v) is 8.71. The van der Waals surface area contributed by atoms with Crippen molar-refractivity contribution in [1.29, 1.82) is 0 Å². The van der Waals surface area contributed by atoms with Crippen LogP contribution in [-0.2, 0) is 9.53 Å². The number of non-ortho nitro benzene ring substituents is 1. The van der Waals surface area contributed by atoms with Crippen LogP contribution in [0.5, 0.6) is 0 Å². The van der Waals surface area contributed by atoms with Crippen molar-refractivity contribution < 1.29 is 19.2 Å². The van der Waals surface area contributed by atoms with Gasteiger partial charge in [0.2, 0.25) is 0 Å². The fraction of sp³-hybridized carbons (Fsp3) is 0.263. The highest BCUT2D eigenvalue weighted by molar-refractivity contribution is 6.33. The van der Waals surface area contributed by atoms with Crippen molar-refractivity contribution in [2.45, 2.75) is 26.2 Å². The van der Waals surface area contributed by atoms with Gasteiger partial charge < -0.3 is 10.1 Å². The molecule has 0 aromatic heterocycles. The molecule has 8 heteroatoms. The zero-order chi connectivity index (χ0) is 20.0. The first kappa shape index (κ1) is 20.4. The third-order valence-electron chi connectivity index (χ3n) is 4.10. The van der Waals surface area contributed by atoms with E-state index in [1.807, 2.05) is 18.2 Å². The van der Waals surface area contributed by atoms with Gasteiger partial charge in [-0.1, -0.05) is 43.6 Å². The number of ether oxygens (including phenoxy) is 1. The Morgan fingerprint density at radius 2 is 1.96 bits per heavy atom. The molecule has 1 amide bonds. The molecule has 1 atom stereocenters. The Kier molecular flexibility index (Phi) is 6.90. The normalized spacial score (nSPS) is 11.5. The van der Waals surface area contributed by atoms with Crippen LogP contribution in [0.3, 0.4) is 0 Å². The summed E-state index contributed by atoms with van der Waals surface area (Å²) in [5.41, 5.74) is 1.38. The molecule has 0 fully saturated rings. The van der Waals surface area contributed by atoms with E-state index >= 15 is 0 Å². The smallest absolute Gasteiger partial charge is 0.340 e. The molecule has 0 heterocycles. The second-order valence-electron chi connectivity index (χ2n) is 5.94. The standard InChI is InChI=1S/C19H19ClN2O5/c1-3-12(2)14-6-4-5-7-17(14)21-18(23)11-27-19(24)15-9-8-13(22(25)26)10-16(15)20/h4-10,12H,3,11H2,1-2H3,(H,21,23). The number of benzene rings is 2. The zero-order valence-electron chi connectivity index (χ0n) is 14.9. The number of rotatable bonds is 7. The molecule has 2 aromatic rings. The van der Waals surface area contributed by atoms with E-state index in [1.165, 1.54) is 6.07 Å². The lowest BCUT2D eigenvalue weighted by molar-refractivity contribution is -0.384. The Labute approximate surface area is 161 Å². The minimum Gasteiger partial charge on any atom is -0.452 e. The Morgan fingerprint density at radius 1 is 1.26 bits per heavy atom. The lowest BCUT2D eigenvalue weighted by Gasteiger charge is -2.15. The highest BCUT2D eigenvalue weighted by atomic mass is 35.5. The van der Waals surface area contributed by atoms with Crippen LogP contribution in [0.2, 0.25) is 5.02 Å². The summed E-state index contributed by atoms with van der Waals surface area (Å²) in [6.07, 6.45) is 0.917. The molecule has 0 saturated heterocycles. The number of nitro groups is 1. The summed E-state index contributed by atoms with van der Waals surface area (Å²) < 4.78 is 4.96. The van der Waals surface area contributed by atoms with Gasteiger partial charge in [-0.25, -0.2) is 4.79 Å². The highest BCUT2D eigenvalue weighted by Crippen LogP contribution is 2.26. The van der Waals surface area contributed by atoms with E-state index in [9.17, 15) is 19.7 Å². The van der Waals surface area contributed by atoms with Gasteiger partial charge in [-0.05, 0) is 30.0 Å². The largest absolute Gasteiger partial charge is 0.452 e. The lowest BCUT2D eigenvalue weighted by atomic mass is 9.97. The fourth-order valence-electron chi connectivity index (χ4n) is 2.44. The van der Waals surface area contributed by atoms with E-state index in [4.69, 9.17) is 16.3 Å². The summed E-state index contributed by atoms with van der Waals surface area (Å²) in [5.74, 6) is -1.06. The molecule has 0 aliphatic rings. The van der Waals surface area contributed by atoms with Gasteiger partial charge in [-0.15, -0.1) is 0 Å². The number of anilines is 1. The minimum atomic E-state index is -0.833. The van der Waals surface area contributed by atoms with E-state index < -0.39 is 23.4 Å². The number of para-hydroxylation sites is 1. The van der Waals surface area contributed by atoms with Crippen LogP contribution >= 0.6 is 11.6 Å². The molecule has 7 nitrogen and oxygen atoms in total. The van der Waals surface area contributed by atoms with Crippen LogP contribution in [-0.4, -0.2) is 23.4 Å². The van der Waals surface area contributed by atoms with Gasteiger partial charge in [-0.3, -0.25) is 14.9 Å². The van der Waals surface area contributed by atoms with Crippen molar-refractivity contribution in [3.05, 3.63) is 68.7 Å². The van der Waals surface area contributed by atoms with Gasteiger partial charge in [0.1, 0.15) is 0 Å². The average Bonchev–Trinajstić information content (AvgIpc) is 2.65. The molecule has 142 valence electrons. The topological polar surface area (TPSA) is 98.5 Å². The zero-order valence-corrected chi connectivity index (χ0v) is 15.7. The summed E-state index contributed by atoms with van der Waals surface area (Å²) in [5, 5.41) is 13.3. The van der Waals surface area contributed by atoms with Gasteiger partial charge in [0.15, 0.2) is 6.61 Å². The number of carbonyl (C=O) groups excluding carboxylic acids is 2. The molecule has 0 spiro atoms. The number of nitrogens with zero attached hydrogens (tertiary/aromatic N) is 1. The summed E-state index contributed by atoms with van der Waals surface area (Å²) in [6, 6.07) is 10.8. The van der Waals surface area contributed by atoms with Gasteiger partial charge in [0.25, 0.3) is 11.6 Å². The van der Waals surface area contributed by atoms with Crippen molar-refractivity contribution in [2.75, 3.05) is 11.9 Å². The Balaban J connectivity index is 2.00. The van der Waals surface area contributed by atoms with Gasteiger partial charge in [0.05, 0.1) is 15.5 Å². The van der Waals surface area contributed by atoms with E-state index in [0.717, 1.165) is 24.1 Å². The molecule has 0 aliphatic heterocycles. The molecule has 2 aromatic carbocycles. The minimum absolute atomic E-state index is 0.0462. The van der Waals surface area contributed by atoms with Gasteiger partial charge in [-0.2, -0.15) is 0 Å². The van der Waals surface area contributed by atoms with Crippen LogP contribution in [0.1, 0.15) is 42.1 Å². The van der Waals surface area contributed by atoms with Crippen molar-refractivity contribution >= 4 is 34.9 Å². The molecule has 27 heavy (non-hydrogen) atoms. The molecule has 0 bridgehead atoms. The predicted molar refractivity (Wildman–Crippen MR) is 102 cm³/mol. The number of esters is 1. The first-order valence-electron chi connectivity index (χ1n) is 8.33. The molecule has 1 unspecified atom stereocenters. The molecule has 0 aliphatic carbocycles. The lowest BCUT2D eigenvalue weighted by Crippen LogP contribution is -2.22. The number of halogens is 1. The second kappa shape index (κ2) is 9.14. The van der Waals surface area contributed by atoms with Crippen molar-refractivity contribution in [3.8, 4) is 0 Å². The van der Waals surface area contributed by atoms with Crippen molar-refractivity contribution in [1.82, 2.24) is 0 Å². The highest BCUT2D eigenvalue weighted by Gasteiger charge is 2.18. The van der Waals surface area contributed by atoms with E-state index in [2.05, 4.69) is 19.2 Å².